The fourth-order valence-corrected chi connectivity index (χ4v) is 2.79. The lowest BCUT2D eigenvalue weighted by Crippen LogP contribution is -2.37. The van der Waals surface area contributed by atoms with E-state index in [0.29, 0.717) is 12.3 Å². The highest BCUT2D eigenvalue weighted by Crippen LogP contribution is 2.37. The average Bonchev–Trinajstić information content (AvgIpc) is 2.92. The Hall–Kier alpha value is -2.02. The Morgan fingerprint density at radius 1 is 1.39 bits per heavy atom. The average molecular weight is 328 g/mol. The van der Waals surface area contributed by atoms with Gasteiger partial charge in [-0.3, -0.25) is 9.69 Å². The third kappa shape index (κ3) is 4.25. The number of para-hydroxylation sites is 1. The summed E-state index contributed by atoms with van der Waals surface area (Å²) >= 11 is 0. The number of methoxy groups -OCH3 is 1. The van der Waals surface area contributed by atoms with Crippen molar-refractivity contribution in [3.05, 3.63) is 35.9 Å². The fraction of sp³-hybridized carbons (Fsp3) is 0.438. The van der Waals surface area contributed by atoms with Crippen LogP contribution in [0.5, 0.6) is 5.75 Å². The van der Waals surface area contributed by atoms with Crippen molar-refractivity contribution in [2.24, 2.45) is 17.6 Å². The zero-order valence-corrected chi connectivity index (χ0v) is 12.7. The van der Waals surface area contributed by atoms with Crippen LogP contribution in [-0.4, -0.2) is 43.7 Å². The molecule has 0 aliphatic carbocycles. The molecule has 0 radical (unpaired) electrons. The van der Waals surface area contributed by atoms with Crippen LogP contribution in [0.25, 0.3) is 6.08 Å². The second-order valence-electron chi connectivity index (χ2n) is 5.52. The van der Waals surface area contributed by atoms with Crippen LogP contribution >= 0.6 is 0 Å². The predicted octanol–water partition coefficient (Wildman–Crippen LogP) is 2.30. The number of alkyl halides is 3. The molecule has 23 heavy (non-hydrogen) atoms. The van der Waals surface area contributed by atoms with Crippen LogP contribution in [0.3, 0.4) is 0 Å². The number of amides is 1. The highest BCUT2D eigenvalue weighted by molar-refractivity contribution is 5.77. The number of rotatable bonds is 5. The number of hydrogen-bond acceptors (Lipinski definition) is 3. The summed E-state index contributed by atoms with van der Waals surface area (Å²) in [7, 11) is 1.55. The second-order valence-corrected chi connectivity index (χ2v) is 5.52. The van der Waals surface area contributed by atoms with E-state index in [0.717, 1.165) is 5.56 Å². The van der Waals surface area contributed by atoms with Gasteiger partial charge in [-0.05, 0) is 6.07 Å². The van der Waals surface area contributed by atoms with E-state index in [2.05, 4.69) is 0 Å². The molecule has 0 spiro atoms. The molecule has 1 amide bonds. The first-order valence-electron chi connectivity index (χ1n) is 7.21. The zero-order valence-electron chi connectivity index (χ0n) is 12.7. The summed E-state index contributed by atoms with van der Waals surface area (Å²) in [4.78, 5) is 12.8. The van der Waals surface area contributed by atoms with Gasteiger partial charge in [0.2, 0.25) is 5.91 Å². The van der Waals surface area contributed by atoms with Gasteiger partial charge in [-0.15, -0.1) is 0 Å². The summed E-state index contributed by atoms with van der Waals surface area (Å²) in [6.45, 7) is 0.123. The molecule has 0 unspecified atom stereocenters. The van der Waals surface area contributed by atoms with Crippen molar-refractivity contribution < 1.29 is 22.7 Å². The van der Waals surface area contributed by atoms with E-state index in [9.17, 15) is 18.0 Å². The third-order valence-electron chi connectivity index (χ3n) is 3.98. The van der Waals surface area contributed by atoms with E-state index in [-0.39, 0.29) is 13.1 Å². The minimum Gasteiger partial charge on any atom is -0.496 e. The smallest absolute Gasteiger partial charge is 0.393 e. The lowest BCUT2D eigenvalue weighted by atomic mass is 9.95. The number of carbonyl (C=O) groups excluding carboxylic acids is 1. The van der Waals surface area contributed by atoms with Crippen molar-refractivity contribution in [1.82, 2.24) is 4.90 Å². The summed E-state index contributed by atoms with van der Waals surface area (Å²) in [5.41, 5.74) is 5.95. The van der Waals surface area contributed by atoms with E-state index in [1.54, 1.807) is 30.2 Å². The number of benzene rings is 1. The van der Waals surface area contributed by atoms with Gasteiger partial charge in [0.1, 0.15) is 5.75 Å². The van der Waals surface area contributed by atoms with Gasteiger partial charge < -0.3 is 10.5 Å². The maximum atomic E-state index is 13.0. The maximum absolute atomic E-state index is 13.0. The number of carbonyl (C=O) groups is 1. The van der Waals surface area contributed by atoms with Crippen molar-refractivity contribution in [3.8, 4) is 5.75 Å². The monoisotopic (exact) mass is 328 g/mol. The topological polar surface area (TPSA) is 55.6 Å². The van der Waals surface area contributed by atoms with Crippen molar-refractivity contribution in [2.75, 3.05) is 26.7 Å². The number of likely N-dealkylation sites (tertiary alicyclic amines) is 1. The lowest BCUT2D eigenvalue weighted by molar-refractivity contribution is -0.182. The Balaban J connectivity index is 2.01. The summed E-state index contributed by atoms with van der Waals surface area (Å²) in [5, 5.41) is 0. The van der Waals surface area contributed by atoms with Crippen LogP contribution in [0, 0.1) is 11.8 Å². The van der Waals surface area contributed by atoms with Crippen LogP contribution in [-0.2, 0) is 4.79 Å². The molecule has 0 aromatic heterocycles. The summed E-state index contributed by atoms with van der Waals surface area (Å²) in [6, 6.07) is 7.34. The molecule has 1 aromatic rings. The predicted molar refractivity (Wildman–Crippen MR) is 80.7 cm³/mol. The van der Waals surface area contributed by atoms with Gasteiger partial charge in [0, 0.05) is 25.2 Å². The first-order valence-corrected chi connectivity index (χ1v) is 7.21. The number of hydrogen-bond donors (Lipinski definition) is 1. The molecule has 1 aliphatic rings. The molecule has 1 saturated heterocycles. The maximum Gasteiger partial charge on any atom is 0.393 e. The fourth-order valence-electron chi connectivity index (χ4n) is 2.79. The minimum absolute atomic E-state index is 0.0236. The van der Waals surface area contributed by atoms with Crippen molar-refractivity contribution in [1.29, 1.82) is 0 Å². The normalized spacial score (nSPS) is 22.6. The van der Waals surface area contributed by atoms with E-state index in [1.807, 2.05) is 18.2 Å². The Morgan fingerprint density at radius 3 is 2.65 bits per heavy atom. The quantitative estimate of drug-likeness (QED) is 0.902. The van der Waals surface area contributed by atoms with Gasteiger partial charge in [-0.2, -0.15) is 13.2 Å². The van der Waals surface area contributed by atoms with E-state index in [4.69, 9.17) is 10.5 Å². The van der Waals surface area contributed by atoms with Gasteiger partial charge >= 0.3 is 6.18 Å². The van der Waals surface area contributed by atoms with Gasteiger partial charge in [0.25, 0.3) is 0 Å². The van der Waals surface area contributed by atoms with Gasteiger partial charge in [0.05, 0.1) is 18.9 Å². The largest absolute Gasteiger partial charge is 0.496 e. The van der Waals surface area contributed by atoms with E-state index in [1.165, 1.54) is 0 Å². The van der Waals surface area contributed by atoms with Gasteiger partial charge in [-0.1, -0.05) is 30.4 Å². The number of nitrogens with zero attached hydrogens (tertiary/aromatic N) is 1. The minimum atomic E-state index is -4.42. The Bertz CT molecular complexity index is 587. The molecule has 4 nitrogen and oxygen atoms in total. The van der Waals surface area contributed by atoms with Crippen LogP contribution in [0.2, 0.25) is 0 Å². The highest BCUT2D eigenvalue weighted by Gasteiger charge is 2.51. The van der Waals surface area contributed by atoms with Crippen molar-refractivity contribution in [2.45, 2.75) is 6.18 Å². The third-order valence-corrected chi connectivity index (χ3v) is 3.98. The first kappa shape index (κ1) is 17.3. The molecule has 0 saturated carbocycles. The van der Waals surface area contributed by atoms with Crippen LogP contribution in [0.1, 0.15) is 5.56 Å². The second kappa shape index (κ2) is 7.04. The molecule has 1 aliphatic heterocycles. The van der Waals surface area contributed by atoms with Crippen molar-refractivity contribution in [3.63, 3.8) is 0 Å². The first-order chi connectivity index (χ1) is 10.8. The molecule has 7 heteroatoms. The molecule has 1 fully saturated rings. The molecule has 1 heterocycles. The van der Waals surface area contributed by atoms with Crippen molar-refractivity contribution >= 4 is 12.0 Å². The van der Waals surface area contributed by atoms with E-state index < -0.39 is 23.9 Å². The van der Waals surface area contributed by atoms with Crippen LogP contribution < -0.4 is 10.5 Å². The molecule has 0 bridgehead atoms. The lowest BCUT2D eigenvalue weighted by Gasteiger charge is -2.18. The Labute approximate surface area is 132 Å². The molecular formula is C16H19F3N2O2. The van der Waals surface area contributed by atoms with Gasteiger partial charge in [0.15, 0.2) is 0 Å². The number of ether oxygens (including phenoxy) is 1. The van der Waals surface area contributed by atoms with Crippen LogP contribution in [0.4, 0.5) is 13.2 Å². The zero-order chi connectivity index (χ0) is 17.0. The van der Waals surface area contributed by atoms with E-state index >= 15 is 0 Å². The summed E-state index contributed by atoms with van der Waals surface area (Å²) in [6.07, 6.45) is -0.867. The number of primary amides is 1. The molecule has 2 rings (SSSR count). The number of halogens is 3. The SMILES string of the molecule is COc1ccccc1/C=C/CN1C[C@@H](C(F)(F)F)[C@H](C(N)=O)C1. The Kier molecular flexibility index (Phi) is 5.30. The standard InChI is InChI=1S/C16H19F3N2O2/c1-23-14-7-3-2-5-11(14)6-4-8-21-9-12(15(20)22)13(10-21)16(17,18)19/h2-7,12-13H,8-10H2,1H3,(H2,20,22)/b6-4+/t12-,13-/m1/s1. The van der Waals surface area contributed by atoms with Crippen LogP contribution in [0.15, 0.2) is 30.3 Å². The summed E-state index contributed by atoms with van der Waals surface area (Å²) in [5.74, 6) is -3.09. The molecule has 126 valence electrons. The number of nitrogens with two attached hydrogens (primary N) is 1. The molecule has 1 aromatic carbocycles. The summed E-state index contributed by atoms with van der Waals surface area (Å²) < 4.78 is 44.1. The van der Waals surface area contributed by atoms with Gasteiger partial charge in [-0.25, -0.2) is 0 Å². The molecule has 2 atom stereocenters. The highest BCUT2D eigenvalue weighted by atomic mass is 19.4. The molecular weight excluding hydrogens is 309 g/mol. The Morgan fingerprint density at radius 2 is 2.09 bits per heavy atom. The molecule has 2 N–H and O–H groups in total.